The van der Waals surface area contributed by atoms with Crippen molar-refractivity contribution in [1.29, 1.82) is 0 Å². The van der Waals surface area contributed by atoms with E-state index in [4.69, 9.17) is 4.74 Å². The molecule has 0 bridgehead atoms. The number of halogens is 3. The average molecular weight is 343 g/mol. The Bertz CT molecular complexity index is 657. The molecule has 0 spiro atoms. The number of rotatable bonds is 6. The van der Waals surface area contributed by atoms with Gasteiger partial charge in [0.05, 0.1) is 5.56 Å². The lowest BCUT2D eigenvalue weighted by atomic mass is 10.2. The van der Waals surface area contributed by atoms with Gasteiger partial charge in [-0.15, -0.1) is 0 Å². The maximum Gasteiger partial charge on any atom is 0.416 e. The van der Waals surface area contributed by atoms with E-state index in [0.717, 1.165) is 12.1 Å². The number of aliphatic hydroxyl groups excluding tert-OH is 1. The normalized spacial score (nSPS) is 12.7. The van der Waals surface area contributed by atoms with Gasteiger partial charge in [-0.3, -0.25) is 9.89 Å². The zero-order valence-electron chi connectivity index (χ0n) is 12.7. The van der Waals surface area contributed by atoms with Gasteiger partial charge in [-0.2, -0.15) is 18.3 Å². The zero-order chi connectivity index (χ0) is 17.7. The van der Waals surface area contributed by atoms with E-state index >= 15 is 0 Å². The van der Waals surface area contributed by atoms with Gasteiger partial charge >= 0.3 is 6.18 Å². The number of hydrogen-bond donors (Lipinski definition) is 2. The summed E-state index contributed by atoms with van der Waals surface area (Å²) in [5.41, 5.74) is -0.492. The first-order chi connectivity index (χ1) is 11.3. The molecule has 1 unspecified atom stereocenters. The standard InChI is InChI=1S/C15H16F3N3O3/c1-21(14(23)13-6-7-19-20-13)8-11(22)9-24-12-4-2-10(3-5-12)15(16,17)18/h2-7,11,22H,8-9H2,1H3,(H,19,20). The lowest BCUT2D eigenvalue weighted by Crippen LogP contribution is -2.37. The van der Waals surface area contributed by atoms with Crippen LogP contribution < -0.4 is 4.74 Å². The fraction of sp³-hybridized carbons (Fsp3) is 0.333. The maximum atomic E-state index is 12.4. The Morgan fingerprint density at radius 3 is 2.54 bits per heavy atom. The van der Waals surface area contributed by atoms with Gasteiger partial charge in [0, 0.05) is 19.8 Å². The molecule has 2 rings (SSSR count). The molecule has 0 radical (unpaired) electrons. The van der Waals surface area contributed by atoms with Crippen LogP contribution in [0.25, 0.3) is 0 Å². The number of carbonyl (C=O) groups is 1. The van der Waals surface area contributed by atoms with Gasteiger partial charge < -0.3 is 14.7 Å². The van der Waals surface area contributed by atoms with Crippen molar-refractivity contribution in [3.05, 3.63) is 47.8 Å². The van der Waals surface area contributed by atoms with E-state index < -0.39 is 17.8 Å². The summed E-state index contributed by atoms with van der Waals surface area (Å²) in [7, 11) is 1.50. The SMILES string of the molecule is CN(CC(O)COc1ccc(C(F)(F)F)cc1)C(=O)c1ccn[nH]1. The number of hydrogen-bond acceptors (Lipinski definition) is 4. The molecule has 0 aliphatic carbocycles. The number of aromatic amines is 1. The highest BCUT2D eigenvalue weighted by Gasteiger charge is 2.30. The zero-order valence-corrected chi connectivity index (χ0v) is 12.7. The monoisotopic (exact) mass is 343 g/mol. The van der Waals surface area contributed by atoms with Crippen LogP contribution in [0.1, 0.15) is 16.1 Å². The van der Waals surface area contributed by atoms with Gasteiger partial charge in [-0.05, 0) is 30.3 Å². The third-order valence-corrected chi connectivity index (χ3v) is 3.19. The fourth-order valence-corrected chi connectivity index (χ4v) is 1.96. The van der Waals surface area contributed by atoms with Gasteiger partial charge in [0.2, 0.25) is 0 Å². The number of amides is 1. The quantitative estimate of drug-likeness (QED) is 0.840. The second-order valence-electron chi connectivity index (χ2n) is 5.14. The predicted octanol–water partition coefficient (Wildman–Crippen LogP) is 1.94. The molecule has 130 valence electrons. The second-order valence-corrected chi connectivity index (χ2v) is 5.14. The third-order valence-electron chi connectivity index (χ3n) is 3.19. The molecule has 24 heavy (non-hydrogen) atoms. The van der Waals surface area contributed by atoms with Crippen molar-refractivity contribution < 1.29 is 27.8 Å². The minimum absolute atomic E-state index is 0.00150. The molecule has 0 aliphatic rings. The first-order valence-corrected chi connectivity index (χ1v) is 7.00. The molecule has 1 amide bonds. The largest absolute Gasteiger partial charge is 0.491 e. The first kappa shape index (κ1) is 17.8. The molecule has 1 aromatic carbocycles. The summed E-state index contributed by atoms with van der Waals surface area (Å²) >= 11 is 0. The van der Waals surface area contributed by atoms with Crippen LogP contribution in [-0.2, 0) is 6.18 Å². The number of alkyl halides is 3. The van der Waals surface area contributed by atoms with Crippen molar-refractivity contribution in [2.24, 2.45) is 0 Å². The summed E-state index contributed by atoms with van der Waals surface area (Å²) in [5, 5.41) is 16.1. The Kier molecular flexibility index (Phi) is 5.45. The summed E-state index contributed by atoms with van der Waals surface area (Å²) < 4.78 is 42.6. The fourth-order valence-electron chi connectivity index (χ4n) is 1.96. The summed E-state index contributed by atoms with van der Waals surface area (Å²) in [6.45, 7) is -0.162. The number of nitrogens with one attached hydrogen (secondary N) is 1. The van der Waals surface area contributed by atoms with Crippen molar-refractivity contribution in [3.8, 4) is 5.75 Å². The van der Waals surface area contributed by atoms with E-state index in [1.165, 1.54) is 36.3 Å². The second kappa shape index (κ2) is 7.35. The molecule has 1 aromatic heterocycles. The van der Waals surface area contributed by atoms with E-state index in [1.807, 2.05) is 0 Å². The number of carbonyl (C=O) groups excluding carboxylic acids is 1. The van der Waals surface area contributed by atoms with E-state index in [1.54, 1.807) is 0 Å². The van der Waals surface area contributed by atoms with Gasteiger partial charge in [0.1, 0.15) is 24.2 Å². The minimum Gasteiger partial charge on any atom is -0.491 e. The van der Waals surface area contributed by atoms with Crippen LogP contribution in [0, 0.1) is 0 Å². The highest BCUT2D eigenvalue weighted by molar-refractivity contribution is 5.91. The van der Waals surface area contributed by atoms with Crippen LogP contribution in [0.5, 0.6) is 5.75 Å². The summed E-state index contributed by atoms with van der Waals surface area (Å²) in [4.78, 5) is 13.2. The molecular formula is C15H16F3N3O3. The lowest BCUT2D eigenvalue weighted by Gasteiger charge is -2.20. The van der Waals surface area contributed by atoms with Gasteiger partial charge in [-0.1, -0.05) is 0 Å². The van der Waals surface area contributed by atoms with Crippen LogP contribution >= 0.6 is 0 Å². The van der Waals surface area contributed by atoms with Crippen molar-refractivity contribution in [2.45, 2.75) is 12.3 Å². The number of nitrogens with zero attached hydrogens (tertiary/aromatic N) is 2. The smallest absolute Gasteiger partial charge is 0.416 e. The molecule has 0 aliphatic heterocycles. The number of benzene rings is 1. The number of aromatic nitrogens is 2. The van der Waals surface area contributed by atoms with E-state index in [2.05, 4.69) is 10.2 Å². The van der Waals surface area contributed by atoms with Crippen molar-refractivity contribution >= 4 is 5.91 Å². The predicted molar refractivity (Wildman–Crippen MR) is 78.5 cm³/mol. The highest BCUT2D eigenvalue weighted by Crippen LogP contribution is 2.30. The molecule has 0 saturated carbocycles. The molecule has 1 heterocycles. The van der Waals surface area contributed by atoms with E-state index in [9.17, 15) is 23.1 Å². The van der Waals surface area contributed by atoms with Crippen molar-refractivity contribution in [3.63, 3.8) is 0 Å². The van der Waals surface area contributed by atoms with Crippen LogP contribution in [0.3, 0.4) is 0 Å². The van der Waals surface area contributed by atoms with Crippen LogP contribution in [-0.4, -0.2) is 52.4 Å². The van der Waals surface area contributed by atoms with Gasteiger partial charge in [-0.25, -0.2) is 0 Å². The van der Waals surface area contributed by atoms with Crippen LogP contribution in [0.4, 0.5) is 13.2 Å². The number of ether oxygens (including phenoxy) is 1. The molecule has 0 saturated heterocycles. The molecule has 1 atom stereocenters. The van der Waals surface area contributed by atoms with E-state index in [0.29, 0.717) is 0 Å². The molecule has 9 heteroatoms. The molecule has 2 N–H and O–H groups in total. The maximum absolute atomic E-state index is 12.4. The molecular weight excluding hydrogens is 327 g/mol. The summed E-state index contributed by atoms with van der Waals surface area (Å²) in [6, 6.07) is 5.65. The summed E-state index contributed by atoms with van der Waals surface area (Å²) in [6.07, 6.45) is -3.97. The first-order valence-electron chi connectivity index (χ1n) is 7.00. The van der Waals surface area contributed by atoms with Gasteiger partial charge in [0.15, 0.2) is 0 Å². The van der Waals surface area contributed by atoms with E-state index in [-0.39, 0.29) is 30.5 Å². The minimum atomic E-state index is -4.41. The molecule has 6 nitrogen and oxygen atoms in total. The molecule has 2 aromatic rings. The number of H-pyrrole nitrogens is 1. The number of likely N-dealkylation sites (N-methyl/N-ethyl adjacent to an activating group) is 1. The lowest BCUT2D eigenvalue weighted by molar-refractivity contribution is -0.137. The summed E-state index contributed by atoms with van der Waals surface area (Å²) in [5.74, 6) is -0.148. The van der Waals surface area contributed by atoms with Gasteiger partial charge in [0.25, 0.3) is 5.91 Å². The van der Waals surface area contributed by atoms with Crippen molar-refractivity contribution in [2.75, 3.05) is 20.2 Å². The average Bonchev–Trinajstić information content (AvgIpc) is 3.06. The Morgan fingerprint density at radius 2 is 2.00 bits per heavy atom. The Balaban J connectivity index is 1.82. The topological polar surface area (TPSA) is 78.5 Å². The highest BCUT2D eigenvalue weighted by atomic mass is 19.4. The Morgan fingerprint density at radius 1 is 1.33 bits per heavy atom. The van der Waals surface area contributed by atoms with Crippen LogP contribution in [0.2, 0.25) is 0 Å². The Labute approximate surface area is 135 Å². The van der Waals surface area contributed by atoms with Crippen LogP contribution in [0.15, 0.2) is 36.5 Å². The molecule has 0 fully saturated rings. The third kappa shape index (κ3) is 4.72. The Hall–Kier alpha value is -2.55. The number of aliphatic hydroxyl groups is 1. The van der Waals surface area contributed by atoms with Crippen molar-refractivity contribution in [1.82, 2.24) is 15.1 Å².